The lowest BCUT2D eigenvalue weighted by atomic mass is 10.1. The molecule has 0 aliphatic carbocycles. The Labute approximate surface area is 179 Å². The molecule has 0 saturated carbocycles. The molecule has 2 N–H and O–H groups in total. The minimum Gasteiger partial charge on any atom is -0.483 e. The summed E-state index contributed by atoms with van der Waals surface area (Å²) in [7, 11) is 3.26. The lowest BCUT2D eigenvalue weighted by molar-refractivity contribution is -0.120. The second kappa shape index (κ2) is 7.65. The van der Waals surface area contributed by atoms with Gasteiger partial charge in [0.2, 0.25) is 0 Å². The van der Waals surface area contributed by atoms with Gasteiger partial charge in [-0.2, -0.15) is 4.68 Å². The van der Waals surface area contributed by atoms with Crippen LogP contribution >= 0.6 is 0 Å². The Morgan fingerprint density at radius 3 is 2.77 bits per heavy atom. The van der Waals surface area contributed by atoms with Crippen molar-refractivity contribution in [1.82, 2.24) is 14.8 Å². The lowest BCUT2D eigenvalue weighted by Gasteiger charge is -2.20. The van der Waals surface area contributed by atoms with Crippen molar-refractivity contribution in [3.8, 4) is 22.6 Å². The summed E-state index contributed by atoms with van der Waals surface area (Å²) < 4.78 is 13.5. The van der Waals surface area contributed by atoms with Gasteiger partial charge in [-0.15, -0.1) is 0 Å². The fraction of sp³-hybridized carbons (Fsp3) is 0.273. The van der Waals surface area contributed by atoms with Crippen LogP contribution in [0.5, 0.6) is 11.5 Å². The molecule has 1 aliphatic heterocycles. The summed E-state index contributed by atoms with van der Waals surface area (Å²) in [6.45, 7) is 11.3. The number of anilines is 2. The van der Waals surface area contributed by atoms with E-state index in [1.165, 1.54) is 9.58 Å². The number of hydrogen-bond donors (Lipinski definition) is 1. The topological polar surface area (TPSA) is 99.9 Å². The third-order valence-corrected chi connectivity index (χ3v) is 5.22. The van der Waals surface area contributed by atoms with E-state index in [0.717, 1.165) is 11.1 Å². The first-order valence-electron chi connectivity index (χ1n) is 9.67. The summed E-state index contributed by atoms with van der Waals surface area (Å²) in [4.78, 5) is 22.2. The van der Waals surface area contributed by atoms with E-state index in [1.807, 2.05) is 32.0 Å². The van der Waals surface area contributed by atoms with E-state index in [-0.39, 0.29) is 24.1 Å². The first kappa shape index (κ1) is 20.2. The molecule has 0 spiro atoms. The number of rotatable bonds is 0. The van der Waals surface area contributed by atoms with Gasteiger partial charge in [-0.3, -0.25) is 9.69 Å². The van der Waals surface area contributed by atoms with Gasteiger partial charge in [0, 0.05) is 18.8 Å². The molecule has 1 aliphatic rings. The Balaban J connectivity index is 1.94. The molecule has 1 amide bonds. The Kier molecular flexibility index (Phi) is 4.99. The van der Waals surface area contributed by atoms with Crippen LogP contribution in [0.15, 0.2) is 30.5 Å². The molecule has 2 bridgehead atoms. The zero-order valence-electron chi connectivity index (χ0n) is 17.7. The molecule has 0 saturated heterocycles. The van der Waals surface area contributed by atoms with E-state index in [2.05, 4.69) is 14.9 Å². The number of nitrogen functional groups attached to an aromatic ring is 1. The second-order valence-electron chi connectivity index (χ2n) is 7.41. The van der Waals surface area contributed by atoms with E-state index < -0.39 is 6.10 Å². The van der Waals surface area contributed by atoms with Crippen LogP contribution in [0.1, 0.15) is 24.2 Å². The fourth-order valence-corrected chi connectivity index (χ4v) is 3.53. The molecule has 9 nitrogen and oxygen atoms in total. The van der Waals surface area contributed by atoms with Crippen molar-refractivity contribution in [3.05, 3.63) is 53.0 Å². The third kappa shape index (κ3) is 3.53. The summed E-state index contributed by atoms with van der Waals surface area (Å²) in [6, 6.07) is 7.40. The van der Waals surface area contributed by atoms with Crippen LogP contribution in [0.2, 0.25) is 0 Å². The van der Waals surface area contributed by atoms with Gasteiger partial charge in [0.15, 0.2) is 24.0 Å². The molecular formula is C22H22N6O3. The van der Waals surface area contributed by atoms with E-state index in [4.69, 9.17) is 21.8 Å². The molecule has 0 unspecified atom stereocenters. The van der Waals surface area contributed by atoms with Crippen molar-refractivity contribution in [2.45, 2.75) is 20.0 Å². The Hall–Kier alpha value is -4.06. The average Bonchev–Trinajstić information content (AvgIpc) is 3.09. The maximum Gasteiger partial charge on any atom is 0.265 e. The van der Waals surface area contributed by atoms with Gasteiger partial charge in [0.05, 0.1) is 12.6 Å². The number of carbonyl (C=O) groups excluding carboxylic acids is 1. The smallest absolute Gasteiger partial charge is 0.265 e. The van der Waals surface area contributed by atoms with Crippen molar-refractivity contribution in [3.63, 3.8) is 0 Å². The van der Waals surface area contributed by atoms with Crippen LogP contribution < -0.4 is 20.1 Å². The highest BCUT2D eigenvalue weighted by atomic mass is 16.5. The van der Waals surface area contributed by atoms with Crippen LogP contribution in [-0.4, -0.2) is 34.3 Å². The van der Waals surface area contributed by atoms with Crippen LogP contribution in [0.25, 0.3) is 16.0 Å². The zero-order chi connectivity index (χ0) is 22.3. The van der Waals surface area contributed by atoms with Gasteiger partial charge < -0.3 is 20.1 Å². The number of aryl methyl sites for hydroxylation is 2. The highest BCUT2D eigenvalue weighted by Gasteiger charge is 2.27. The molecule has 31 heavy (non-hydrogen) atoms. The van der Waals surface area contributed by atoms with Crippen LogP contribution in [0, 0.1) is 13.5 Å². The van der Waals surface area contributed by atoms with Crippen LogP contribution in [0.3, 0.4) is 0 Å². The lowest BCUT2D eigenvalue weighted by Crippen LogP contribution is -2.32. The van der Waals surface area contributed by atoms with E-state index in [1.54, 1.807) is 26.4 Å². The number of carbonyl (C=O) groups is 1. The summed E-state index contributed by atoms with van der Waals surface area (Å²) in [5, 5.41) is 4.40. The Bertz CT molecular complexity index is 1230. The average molecular weight is 418 g/mol. The quantitative estimate of drug-likeness (QED) is 0.562. The Morgan fingerprint density at radius 1 is 1.26 bits per heavy atom. The van der Waals surface area contributed by atoms with Gasteiger partial charge >= 0.3 is 0 Å². The van der Waals surface area contributed by atoms with E-state index in [9.17, 15) is 4.79 Å². The number of benzene rings is 1. The van der Waals surface area contributed by atoms with Crippen LogP contribution in [0.4, 0.5) is 17.5 Å². The maximum atomic E-state index is 12.9. The van der Waals surface area contributed by atoms with Gasteiger partial charge in [-0.05, 0) is 37.6 Å². The number of hydrogen-bond acceptors (Lipinski definition) is 6. The second-order valence-corrected chi connectivity index (χ2v) is 7.41. The zero-order valence-corrected chi connectivity index (χ0v) is 17.7. The summed E-state index contributed by atoms with van der Waals surface area (Å²) in [6.07, 6.45) is 1.13. The number of amides is 1. The van der Waals surface area contributed by atoms with Gasteiger partial charge in [0.1, 0.15) is 11.9 Å². The number of nitrogens with zero attached hydrogens (tertiary/aromatic N) is 5. The maximum absolute atomic E-state index is 12.9. The van der Waals surface area contributed by atoms with Crippen molar-refractivity contribution in [2.24, 2.45) is 7.05 Å². The summed E-state index contributed by atoms with van der Waals surface area (Å²) in [5.41, 5.74) is 8.97. The highest BCUT2D eigenvalue weighted by Crippen LogP contribution is 2.41. The normalized spacial score (nSPS) is 15.9. The van der Waals surface area contributed by atoms with Crippen molar-refractivity contribution >= 4 is 23.4 Å². The predicted molar refractivity (Wildman–Crippen MR) is 116 cm³/mol. The van der Waals surface area contributed by atoms with Gasteiger partial charge in [-0.25, -0.2) is 4.98 Å². The number of likely N-dealkylation sites (N-methyl/N-ethyl adjacent to an activating group) is 1. The molecule has 1 aromatic carbocycles. The molecule has 2 aromatic heterocycles. The molecule has 3 heterocycles. The number of fused-ring (bicyclic) bond motifs is 5. The predicted octanol–water partition coefficient (Wildman–Crippen LogP) is 3.42. The molecule has 4 rings (SSSR count). The van der Waals surface area contributed by atoms with E-state index in [0.29, 0.717) is 28.4 Å². The third-order valence-electron chi connectivity index (χ3n) is 5.22. The number of pyridine rings is 1. The van der Waals surface area contributed by atoms with Crippen molar-refractivity contribution < 1.29 is 14.3 Å². The van der Waals surface area contributed by atoms with Crippen molar-refractivity contribution in [2.75, 3.05) is 24.3 Å². The highest BCUT2D eigenvalue weighted by molar-refractivity contribution is 5.99. The standard InChI is InChI=1S/C22H22N6O3/c1-12-6-7-16-15(8-12)13(2)31-17-9-14(10-25-20(17)23)19-21(24-3)28(5)26-22(19)27(4)18(29)11-30-16/h6-10,13H,11H2,1-2,4-5H3,(H2,23,25)/t13-/m1/s1. The number of nitrogens with two attached hydrogens (primary N) is 1. The minimum atomic E-state index is -0.420. The molecule has 9 heteroatoms. The van der Waals surface area contributed by atoms with Gasteiger partial charge in [0.25, 0.3) is 11.7 Å². The molecule has 158 valence electrons. The first-order chi connectivity index (χ1) is 14.8. The molecular weight excluding hydrogens is 396 g/mol. The number of aromatic nitrogens is 3. The molecule has 1 atom stereocenters. The van der Waals surface area contributed by atoms with Crippen LogP contribution in [-0.2, 0) is 11.8 Å². The summed E-state index contributed by atoms with van der Waals surface area (Å²) in [5.74, 6) is 1.44. The molecule has 0 radical (unpaired) electrons. The molecule has 3 aromatic rings. The first-order valence-corrected chi connectivity index (χ1v) is 9.67. The fourth-order valence-electron chi connectivity index (χ4n) is 3.53. The van der Waals surface area contributed by atoms with Crippen molar-refractivity contribution in [1.29, 1.82) is 0 Å². The number of ether oxygens (including phenoxy) is 2. The largest absolute Gasteiger partial charge is 0.483 e. The van der Waals surface area contributed by atoms with Gasteiger partial charge in [-0.1, -0.05) is 23.3 Å². The Morgan fingerprint density at radius 2 is 2.03 bits per heavy atom. The molecule has 0 fully saturated rings. The summed E-state index contributed by atoms with van der Waals surface area (Å²) >= 11 is 0. The minimum absolute atomic E-state index is 0.194. The monoisotopic (exact) mass is 418 g/mol. The SMILES string of the molecule is [C-]#[N+]c1c2c(nn1C)N(C)C(=O)COc1ccc(C)cc1[C@@H](C)Oc1cc-2cnc1N. The van der Waals surface area contributed by atoms with E-state index >= 15 is 0 Å².